The molecule has 0 N–H and O–H groups in total. The van der Waals surface area contributed by atoms with Crippen LogP contribution in [-0.2, 0) is 0 Å². The van der Waals surface area contributed by atoms with Crippen molar-refractivity contribution in [2.45, 2.75) is 13.7 Å². The zero-order valence-corrected chi connectivity index (χ0v) is 8.04. The van der Waals surface area contributed by atoms with Crippen LogP contribution in [0.15, 0.2) is 36.4 Å². The number of hydrogen-bond acceptors (Lipinski definition) is 0. The first-order valence-electron chi connectivity index (χ1n) is 4.60. The van der Waals surface area contributed by atoms with Crippen molar-refractivity contribution in [3.63, 3.8) is 0 Å². The molecule has 13 heavy (non-hydrogen) atoms. The highest BCUT2D eigenvalue weighted by Gasteiger charge is 2.00. The summed E-state index contributed by atoms with van der Waals surface area (Å²) >= 11 is 0. The summed E-state index contributed by atoms with van der Waals surface area (Å²) in [6, 6.07) is 12.9. The molecular weight excluding hydrogens is 155 g/mol. The second-order valence-corrected chi connectivity index (χ2v) is 3.31. The maximum absolute atomic E-state index is 2.18. The Morgan fingerprint density at radius 2 is 1.62 bits per heavy atom. The molecule has 0 fully saturated rings. The van der Waals surface area contributed by atoms with Gasteiger partial charge in [0.15, 0.2) is 0 Å². The molecule has 1 radical (unpaired) electrons. The minimum Gasteiger partial charge on any atom is -0.0872 e. The third-order valence-electron chi connectivity index (χ3n) is 2.49. The second-order valence-electron chi connectivity index (χ2n) is 3.31. The lowest BCUT2D eigenvalue weighted by atomic mass is 9.71. The Bertz CT molecular complexity index is 432. The minimum absolute atomic E-state index is 1.32. The van der Waals surface area contributed by atoms with Gasteiger partial charge in [-0.05, 0) is 23.3 Å². The molecule has 2 rings (SSSR count). The smallest absolute Gasteiger partial charge is 0.0872 e. The summed E-state index contributed by atoms with van der Waals surface area (Å²) in [6.07, 6.45) is 0. The molecule has 0 amide bonds. The quantitative estimate of drug-likeness (QED) is 0.572. The van der Waals surface area contributed by atoms with E-state index in [2.05, 4.69) is 57.4 Å². The van der Waals surface area contributed by atoms with Crippen molar-refractivity contribution in [3.8, 4) is 0 Å². The van der Waals surface area contributed by atoms with Crippen molar-refractivity contribution in [3.05, 3.63) is 42.0 Å². The lowest BCUT2D eigenvalue weighted by molar-refractivity contribution is 1.54. The predicted molar refractivity (Wildman–Crippen MR) is 59.9 cm³/mol. The van der Waals surface area contributed by atoms with Gasteiger partial charge in [0.2, 0.25) is 0 Å². The summed E-state index contributed by atoms with van der Waals surface area (Å²) in [5.41, 5.74) is 2.67. The first kappa shape index (κ1) is 8.37. The van der Waals surface area contributed by atoms with Gasteiger partial charge in [-0.15, -0.1) is 0 Å². The van der Waals surface area contributed by atoms with Crippen LogP contribution in [0.25, 0.3) is 10.8 Å². The third-order valence-corrected chi connectivity index (χ3v) is 2.49. The molecule has 0 heterocycles. The molecule has 2 aromatic carbocycles. The Morgan fingerprint density at radius 1 is 0.923 bits per heavy atom. The number of rotatable bonds is 1. The maximum Gasteiger partial charge on any atom is 0.149 e. The molecule has 0 atom stereocenters. The number of benzene rings is 2. The van der Waals surface area contributed by atoms with E-state index >= 15 is 0 Å². The highest BCUT2D eigenvalue weighted by molar-refractivity contribution is 6.55. The summed E-state index contributed by atoms with van der Waals surface area (Å²) in [6.45, 7) is 4.23. The molecule has 0 saturated carbocycles. The van der Waals surface area contributed by atoms with E-state index in [9.17, 15) is 0 Å². The number of aryl methyl sites for hydroxylation is 1. The van der Waals surface area contributed by atoms with Gasteiger partial charge < -0.3 is 0 Å². The van der Waals surface area contributed by atoms with Gasteiger partial charge in [0.1, 0.15) is 7.28 Å². The lowest BCUT2D eigenvalue weighted by Gasteiger charge is -2.06. The van der Waals surface area contributed by atoms with Crippen LogP contribution in [0.5, 0.6) is 0 Å². The van der Waals surface area contributed by atoms with Crippen LogP contribution < -0.4 is 5.46 Å². The van der Waals surface area contributed by atoms with Gasteiger partial charge in [0.25, 0.3) is 0 Å². The lowest BCUT2D eigenvalue weighted by Crippen LogP contribution is -2.11. The van der Waals surface area contributed by atoms with E-state index in [0.717, 1.165) is 0 Å². The molecule has 0 saturated heterocycles. The Balaban J connectivity index is 2.84. The standard InChI is InChI=1S/C12H12B/c1-9-7-8-12(13-2)11-6-4-3-5-10(9)11/h3-8H,1-2H3. The molecule has 0 unspecified atom stereocenters. The molecule has 0 bridgehead atoms. The molecule has 1 heteroatoms. The van der Waals surface area contributed by atoms with Crippen molar-refractivity contribution in [1.82, 2.24) is 0 Å². The van der Waals surface area contributed by atoms with Gasteiger partial charge in [0, 0.05) is 0 Å². The number of fused-ring (bicyclic) bond motifs is 1. The molecule has 0 spiro atoms. The summed E-state index contributed by atoms with van der Waals surface area (Å²) in [5, 5.41) is 2.71. The van der Waals surface area contributed by atoms with Crippen LogP contribution in [0.1, 0.15) is 5.56 Å². The number of hydrogen-bond donors (Lipinski definition) is 0. The highest BCUT2D eigenvalue weighted by Crippen LogP contribution is 2.15. The van der Waals surface area contributed by atoms with Crippen molar-refractivity contribution < 1.29 is 0 Å². The van der Waals surface area contributed by atoms with Gasteiger partial charge in [-0.2, -0.15) is 0 Å². The maximum atomic E-state index is 2.18. The molecule has 0 aliphatic carbocycles. The first-order chi connectivity index (χ1) is 6.33. The van der Waals surface area contributed by atoms with Crippen LogP contribution in [0, 0.1) is 6.92 Å². The summed E-state index contributed by atoms with van der Waals surface area (Å²) in [5.74, 6) is 0. The van der Waals surface area contributed by atoms with Crippen LogP contribution in [-0.4, -0.2) is 7.28 Å². The summed E-state index contributed by atoms with van der Waals surface area (Å²) in [4.78, 5) is 0. The molecule has 0 aliphatic heterocycles. The van der Waals surface area contributed by atoms with Crippen LogP contribution >= 0.6 is 0 Å². The Hall–Kier alpha value is -1.24. The van der Waals surface area contributed by atoms with Gasteiger partial charge >= 0.3 is 0 Å². The molecule has 0 aliphatic rings. The Morgan fingerprint density at radius 3 is 2.31 bits per heavy atom. The van der Waals surface area contributed by atoms with Gasteiger partial charge in [-0.25, -0.2) is 0 Å². The van der Waals surface area contributed by atoms with Crippen LogP contribution in [0.3, 0.4) is 0 Å². The largest absolute Gasteiger partial charge is 0.149 e. The van der Waals surface area contributed by atoms with E-state index in [1.807, 2.05) is 0 Å². The SMILES string of the molecule is C[B]c1ccc(C)c2ccccc12. The highest BCUT2D eigenvalue weighted by atomic mass is 14.0. The van der Waals surface area contributed by atoms with E-state index < -0.39 is 0 Å². The molecule has 0 nitrogen and oxygen atoms in total. The fraction of sp³-hybridized carbons (Fsp3) is 0.167. The molecular formula is C12H12B. The van der Waals surface area contributed by atoms with Crippen LogP contribution in [0.4, 0.5) is 0 Å². The van der Waals surface area contributed by atoms with E-state index in [4.69, 9.17) is 0 Å². The van der Waals surface area contributed by atoms with Crippen LogP contribution in [0.2, 0.25) is 6.82 Å². The van der Waals surface area contributed by atoms with Crippen molar-refractivity contribution >= 4 is 23.5 Å². The van der Waals surface area contributed by atoms with Crippen molar-refractivity contribution in [1.29, 1.82) is 0 Å². The minimum atomic E-state index is 1.32. The fourth-order valence-corrected chi connectivity index (χ4v) is 1.72. The van der Waals surface area contributed by atoms with Gasteiger partial charge in [-0.1, -0.05) is 48.7 Å². The molecule has 63 valence electrons. The predicted octanol–water partition coefficient (Wildman–Crippen LogP) is 2.53. The average molecular weight is 167 g/mol. The van der Waals surface area contributed by atoms with E-state index in [1.165, 1.54) is 21.8 Å². The molecule has 0 aromatic heterocycles. The van der Waals surface area contributed by atoms with E-state index in [0.29, 0.717) is 0 Å². The Kier molecular flexibility index (Phi) is 2.09. The second kappa shape index (κ2) is 3.25. The first-order valence-corrected chi connectivity index (χ1v) is 4.60. The van der Waals surface area contributed by atoms with E-state index in [1.54, 1.807) is 0 Å². The Labute approximate surface area is 79.8 Å². The average Bonchev–Trinajstić information content (AvgIpc) is 2.19. The van der Waals surface area contributed by atoms with Gasteiger partial charge in [-0.3, -0.25) is 0 Å². The zero-order valence-electron chi connectivity index (χ0n) is 8.04. The normalized spacial score (nSPS) is 10.3. The molecule has 2 aromatic rings. The monoisotopic (exact) mass is 167 g/mol. The van der Waals surface area contributed by atoms with Gasteiger partial charge in [0.05, 0.1) is 0 Å². The summed E-state index contributed by atoms with van der Waals surface area (Å²) in [7, 11) is 2.15. The van der Waals surface area contributed by atoms with Crippen molar-refractivity contribution in [2.75, 3.05) is 0 Å². The third kappa shape index (κ3) is 1.35. The van der Waals surface area contributed by atoms with E-state index in [-0.39, 0.29) is 0 Å². The van der Waals surface area contributed by atoms with Crippen molar-refractivity contribution in [2.24, 2.45) is 0 Å². The zero-order chi connectivity index (χ0) is 9.26. The topological polar surface area (TPSA) is 0 Å². The summed E-state index contributed by atoms with van der Waals surface area (Å²) < 4.78 is 0. The fourth-order valence-electron chi connectivity index (χ4n) is 1.72.